The monoisotopic (exact) mass is 339 g/mol. The summed E-state index contributed by atoms with van der Waals surface area (Å²) in [6.07, 6.45) is -3.75. The van der Waals surface area contributed by atoms with E-state index in [0.29, 0.717) is 25.8 Å². The van der Waals surface area contributed by atoms with E-state index in [-0.39, 0.29) is 17.7 Å². The lowest BCUT2D eigenvalue weighted by atomic mass is 10.2. The molecule has 2 aromatic rings. The number of aromatic nitrogens is 1. The zero-order valence-corrected chi connectivity index (χ0v) is 12.4. The Morgan fingerprint density at radius 1 is 1.04 bits per heavy atom. The van der Waals surface area contributed by atoms with Gasteiger partial charge in [-0.3, -0.25) is 4.90 Å². The molecule has 2 heterocycles. The number of carbonyl (C=O) groups excluding carboxylic acids is 1. The third-order valence-corrected chi connectivity index (χ3v) is 3.73. The van der Waals surface area contributed by atoms with Gasteiger partial charge in [0.2, 0.25) is 0 Å². The fraction of sp³-hybridized carbons (Fsp3) is 0.250. The summed E-state index contributed by atoms with van der Waals surface area (Å²) in [5.74, 6) is -0.184. The molecule has 2 amide bonds. The lowest BCUT2D eigenvalue weighted by Gasteiger charge is -2.18. The third-order valence-electron chi connectivity index (χ3n) is 3.73. The molecular formula is C16H13F4N3O. The Kier molecular flexibility index (Phi) is 4.13. The molecule has 0 spiro atoms. The highest BCUT2D eigenvalue weighted by Crippen LogP contribution is 2.30. The standard InChI is InChI=1S/C16H13F4N3O/c17-13-4-1-11(2-5-13)10-22-7-8-23(15(22)24)14-6-3-12(9-21-14)16(18,19)20/h1-6,9H,7-8,10H2. The van der Waals surface area contributed by atoms with E-state index >= 15 is 0 Å². The van der Waals surface area contributed by atoms with Gasteiger partial charge in [0, 0.05) is 25.8 Å². The summed E-state index contributed by atoms with van der Waals surface area (Å²) in [5, 5.41) is 0. The minimum atomic E-state index is -4.46. The maximum atomic E-state index is 12.9. The van der Waals surface area contributed by atoms with Crippen LogP contribution in [-0.4, -0.2) is 29.0 Å². The van der Waals surface area contributed by atoms with E-state index < -0.39 is 11.7 Å². The zero-order valence-electron chi connectivity index (χ0n) is 12.4. The molecule has 1 aromatic heterocycles. The number of carbonyl (C=O) groups is 1. The van der Waals surface area contributed by atoms with Gasteiger partial charge in [0.15, 0.2) is 0 Å². The van der Waals surface area contributed by atoms with Crippen molar-refractivity contribution in [2.75, 3.05) is 18.0 Å². The second-order valence-corrected chi connectivity index (χ2v) is 5.39. The SMILES string of the molecule is O=C1N(Cc2ccc(F)cc2)CCN1c1ccc(C(F)(F)F)cn1. The van der Waals surface area contributed by atoms with Crippen LogP contribution in [0.25, 0.3) is 0 Å². The smallest absolute Gasteiger partial charge is 0.318 e. The summed E-state index contributed by atoms with van der Waals surface area (Å²) in [6.45, 7) is 1.05. The number of pyridine rings is 1. The molecule has 3 rings (SSSR count). The van der Waals surface area contributed by atoms with E-state index in [4.69, 9.17) is 0 Å². The first-order valence-corrected chi connectivity index (χ1v) is 7.19. The molecule has 1 saturated heterocycles. The fourth-order valence-electron chi connectivity index (χ4n) is 2.47. The number of anilines is 1. The molecular weight excluding hydrogens is 326 g/mol. The predicted octanol–water partition coefficient (Wildman–Crippen LogP) is 3.68. The summed E-state index contributed by atoms with van der Waals surface area (Å²) < 4.78 is 50.6. The lowest BCUT2D eigenvalue weighted by Crippen LogP contribution is -2.32. The van der Waals surface area contributed by atoms with E-state index in [0.717, 1.165) is 11.6 Å². The molecule has 1 aliphatic rings. The molecule has 126 valence electrons. The molecule has 0 saturated carbocycles. The van der Waals surface area contributed by atoms with Crippen LogP contribution < -0.4 is 4.90 Å². The van der Waals surface area contributed by atoms with Crippen molar-refractivity contribution in [2.45, 2.75) is 12.7 Å². The van der Waals surface area contributed by atoms with Gasteiger partial charge >= 0.3 is 12.2 Å². The van der Waals surface area contributed by atoms with Gasteiger partial charge in [-0.15, -0.1) is 0 Å². The summed E-state index contributed by atoms with van der Waals surface area (Å²) >= 11 is 0. The van der Waals surface area contributed by atoms with Crippen molar-refractivity contribution in [1.29, 1.82) is 0 Å². The molecule has 0 unspecified atom stereocenters. The van der Waals surface area contributed by atoms with Gasteiger partial charge in [0.05, 0.1) is 5.56 Å². The highest BCUT2D eigenvalue weighted by molar-refractivity contribution is 5.93. The molecule has 0 N–H and O–H groups in total. The number of urea groups is 1. The average Bonchev–Trinajstić information content (AvgIpc) is 2.90. The Hall–Kier alpha value is -2.64. The number of halogens is 4. The Labute approximate surface area is 135 Å². The molecule has 4 nitrogen and oxygen atoms in total. The van der Waals surface area contributed by atoms with Crippen LogP contribution in [0.5, 0.6) is 0 Å². The topological polar surface area (TPSA) is 36.4 Å². The Morgan fingerprint density at radius 3 is 2.33 bits per heavy atom. The van der Waals surface area contributed by atoms with E-state index in [1.54, 1.807) is 12.1 Å². The van der Waals surface area contributed by atoms with Crippen LogP contribution in [0.1, 0.15) is 11.1 Å². The van der Waals surface area contributed by atoms with Crippen molar-refractivity contribution in [3.8, 4) is 0 Å². The second-order valence-electron chi connectivity index (χ2n) is 5.39. The van der Waals surface area contributed by atoms with Crippen LogP contribution in [0.2, 0.25) is 0 Å². The lowest BCUT2D eigenvalue weighted by molar-refractivity contribution is -0.137. The minimum Gasteiger partial charge on any atom is -0.318 e. The quantitative estimate of drug-likeness (QED) is 0.800. The van der Waals surface area contributed by atoms with Crippen LogP contribution >= 0.6 is 0 Å². The van der Waals surface area contributed by atoms with Gasteiger partial charge in [-0.1, -0.05) is 12.1 Å². The maximum Gasteiger partial charge on any atom is 0.417 e. The summed E-state index contributed by atoms with van der Waals surface area (Å²) in [6, 6.07) is 7.53. The van der Waals surface area contributed by atoms with E-state index in [1.165, 1.54) is 28.0 Å². The average molecular weight is 339 g/mol. The van der Waals surface area contributed by atoms with Crippen LogP contribution in [0.15, 0.2) is 42.6 Å². The number of benzene rings is 1. The highest BCUT2D eigenvalue weighted by atomic mass is 19.4. The summed E-state index contributed by atoms with van der Waals surface area (Å²) in [5.41, 5.74) is -0.0898. The van der Waals surface area contributed by atoms with Gasteiger partial charge < -0.3 is 4.90 Å². The van der Waals surface area contributed by atoms with Crippen molar-refractivity contribution in [1.82, 2.24) is 9.88 Å². The van der Waals surface area contributed by atoms with Gasteiger partial charge in [-0.2, -0.15) is 13.2 Å². The molecule has 8 heteroatoms. The van der Waals surface area contributed by atoms with Crippen LogP contribution in [0.3, 0.4) is 0 Å². The van der Waals surface area contributed by atoms with Crippen molar-refractivity contribution >= 4 is 11.8 Å². The first-order valence-electron chi connectivity index (χ1n) is 7.19. The van der Waals surface area contributed by atoms with Crippen LogP contribution in [0, 0.1) is 5.82 Å². The van der Waals surface area contributed by atoms with Crippen molar-refractivity contribution in [3.05, 3.63) is 59.5 Å². The number of nitrogens with zero attached hydrogens (tertiary/aromatic N) is 3. The number of rotatable bonds is 3. The second kappa shape index (κ2) is 6.10. The normalized spacial score (nSPS) is 15.2. The highest BCUT2D eigenvalue weighted by Gasteiger charge is 2.33. The van der Waals surface area contributed by atoms with E-state index in [1.807, 2.05) is 0 Å². The van der Waals surface area contributed by atoms with Crippen molar-refractivity contribution in [3.63, 3.8) is 0 Å². The Bertz CT molecular complexity index is 728. The zero-order chi connectivity index (χ0) is 17.3. The van der Waals surface area contributed by atoms with Gasteiger partial charge in [-0.25, -0.2) is 14.2 Å². The van der Waals surface area contributed by atoms with Crippen LogP contribution in [0.4, 0.5) is 28.2 Å². The molecule has 1 aliphatic heterocycles. The Balaban J connectivity index is 1.70. The van der Waals surface area contributed by atoms with Gasteiger partial charge in [-0.05, 0) is 29.8 Å². The molecule has 0 bridgehead atoms. The summed E-state index contributed by atoms with van der Waals surface area (Å²) in [4.78, 5) is 19.0. The first kappa shape index (κ1) is 16.2. The van der Waals surface area contributed by atoms with Crippen molar-refractivity contribution in [2.24, 2.45) is 0 Å². The third kappa shape index (κ3) is 3.32. The first-order chi connectivity index (χ1) is 11.3. The van der Waals surface area contributed by atoms with E-state index in [2.05, 4.69) is 4.98 Å². The van der Waals surface area contributed by atoms with Crippen LogP contribution in [-0.2, 0) is 12.7 Å². The molecule has 1 fully saturated rings. The van der Waals surface area contributed by atoms with Crippen molar-refractivity contribution < 1.29 is 22.4 Å². The number of hydrogen-bond donors (Lipinski definition) is 0. The molecule has 0 aliphatic carbocycles. The number of hydrogen-bond acceptors (Lipinski definition) is 2. The largest absolute Gasteiger partial charge is 0.417 e. The number of alkyl halides is 3. The van der Waals surface area contributed by atoms with Gasteiger partial charge in [0.1, 0.15) is 11.6 Å². The fourth-order valence-corrected chi connectivity index (χ4v) is 2.47. The molecule has 1 aromatic carbocycles. The van der Waals surface area contributed by atoms with Gasteiger partial charge in [0.25, 0.3) is 0 Å². The molecule has 0 atom stereocenters. The Morgan fingerprint density at radius 2 is 1.75 bits per heavy atom. The minimum absolute atomic E-state index is 0.176. The molecule has 0 radical (unpaired) electrons. The predicted molar refractivity (Wildman–Crippen MR) is 78.8 cm³/mol. The molecule has 24 heavy (non-hydrogen) atoms. The van der Waals surface area contributed by atoms with E-state index in [9.17, 15) is 22.4 Å². The summed E-state index contributed by atoms with van der Waals surface area (Å²) in [7, 11) is 0. The maximum absolute atomic E-state index is 12.9. The number of amides is 2.